The van der Waals surface area contributed by atoms with Gasteiger partial charge in [0.15, 0.2) is 5.78 Å². The lowest BCUT2D eigenvalue weighted by molar-refractivity contribution is -0.140. The fourth-order valence-electron chi connectivity index (χ4n) is 3.25. The Kier molecular flexibility index (Phi) is 7.76. The maximum absolute atomic E-state index is 12.3. The lowest BCUT2D eigenvalue weighted by Gasteiger charge is -2.36. The Balaban J connectivity index is 1.76. The number of piperidine rings is 1. The molecule has 1 heterocycles. The van der Waals surface area contributed by atoms with Crippen molar-refractivity contribution < 1.29 is 22.8 Å². The first-order chi connectivity index (χ1) is 13.9. The van der Waals surface area contributed by atoms with E-state index < -0.39 is 15.4 Å². The number of amides is 2. The van der Waals surface area contributed by atoms with Crippen molar-refractivity contribution in [3.63, 3.8) is 0 Å². The van der Waals surface area contributed by atoms with Gasteiger partial charge in [-0.2, -0.15) is 0 Å². The van der Waals surface area contributed by atoms with Crippen molar-refractivity contribution in [3.05, 3.63) is 29.8 Å². The zero-order chi connectivity index (χ0) is 22.5. The highest BCUT2D eigenvalue weighted by atomic mass is 32.2. The van der Waals surface area contributed by atoms with Crippen LogP contribution in [0.3, 0.4) is 0 Å². The van der Waals surface area contributed by atoms with Crippen LogP contribution in [-0.4, -0.2) is 56.6 Å². The summed E-state index contributed by atoms with van der Waals surface area (Å²) >= 11 is 0. The SMILES string of the molecule is CC(=O)c1ccc(S(=O)(=O)NCCC(=O)NC2CCN(C(=O)C(C)(C)C)CC2)cc1. The smallest absolute Gasteiger partial charge is 0.240 e. The van der Waals surface area contributed by atoms with Gasteiger partial charge in [0.25, 0.3) is 0 Å². The number of nitrogens with zero attached hydrogens (tertiary/aromatic N) is 1. The molecule has 8 nitrogen and oxygen atoms in total. The third-order valence-electron chi connectivity index (χ3n) is 5.00. The second-order valence-electron chi connectivity index (χ2n) is 8.61. The second-order valence-corrected chi connectivity index (χ2v) is 10.4. The van der Waals surface area contributed by atoms with Crippen molar-refractivity contribution in [3.8, 4) is 0 Å². The minimum atomic E-state index is -3.75. The van der Waals surface area contributed by atoms with Gasteiger partial charge in [-0.05, 0) is 31.9 Å². The van der Waals surface area contributed by atoms with Gasteiger partial charge in [0.05, 0.1) is 4.90 Å². The van der Waals surface area contributed by atoms with Crippen molar-refractivity contribution in [2.45, 2.75) is 57.9 Å². The summed E-state index contributed by atoms with van der Waals surface area (Å²) in [4.78, 5) is 37.6. The summed E-state index contributed by atoms with van der Waals surface area (Å²) in [7, 11) is -3.75. The van der Waals surface area contributed by atoms with Crippen molar-refractivity contribution >= 4 is 27.6 Å². The van der Waals surface area contributed by atoms with Crippen LogP contribution >= 0.6 is 0 Å². The average molecular weight is 438 g/mol. The van der Waals surface area contributed by atoms with Crippen molar-refractivity contribution in [1.82, 2.24) is 14.9 Å². The minimum absolute atomic E-state index is 0.0164. The van der Waals surface area contributed by atoms with E-state index in [1.807, 2.05) is 25.7 Å². The Bertz CT molecular complexity index is 880. The van der Waals surface area contributed by atoms with E-state index in [0.29, 0.717) is 31.5 Å². The van der Waals surface area contributed by atoms with Crippen LogP contribution in [0.15, 0.2) is 29.2 Å². The summed E-state index contributed by atoms with van der Waals surface area (Å²) < 4.78 is 27.0. The number of rotatable bonds is 7. The number of carbonyl (C=O) groups excluding carboxylic acids is 3. The number of Topliss-reactive ketones (excluding diaryl/α,β-unsaturated/α-hetero) is 1. The first-order valence-electron chi connectivity index (χ1n) is 10.1. The van der Waals surface area contributed by atoms with Crippen LogP contribution in [0, 0.1) is 5.41 Å². The molecular weight excluding hydrogens is 406 g/mol. The fourth-order valence-corrected chi connectivity index (χ4v) is 4.28. The first kappa shape index (κ1) is 24.0. The number of benzene rings is 1. The van der Waals surface area contributed by atoms with Crippen LogP contribution in [0.25, 0.3) is 0 Å². The van der Waals surface area contributed by atoms with Crippen LogP contribution < -0.4 is 10.0 Å². The molecule has 1 fully saturated rings. The van der Waals surface area contributed by atoms with E-state index in [0.717, 1.165) is 0 Å². The van der Waals surface area contributed by atoms with Crippen LogP contribution in [0.4, 0.5) is 0 Å². The van der Waals surface area contributed by atoms with E-state index in [2.05, 4.69) is 10.0 Å². The first-order valence-corrected chi connectivity index (χ1v) is 11.6. The van der Waals surface area contributed by atoms with Crippen LogP contribution in [-0.2, 0) is 19.6 Å². The van der Waals surface area contributed by atoms with E-state index in [4.69, 9.17) is 0 Å². The molecule has 1 aromatic carbocycles. The molecule has 2 rings (SSSR count). The summed E-state index contributed by atoms with van der Waals surface area (Å²) in [5.74, 6) is -0.263. The summed E-state index contributed by atoms with van der Waals surface area (Å²) in [5, 5.41) is 2.91. The number of likely N-dealkylation sites (tertiary alicyclic amines) is 1. The highest BCUT2D eigenvalue weighted by Gasteiger charge is 2.30. The molecule has 166 valence electrons. The standard InChI is InChI=1S/C21H31N3O5S/c1-15(25)16-5-7-18(8-6-16)30(28,29)22-12-9-19(26)23-17-10-13-24(14-11-17)20(27)21(2,3)4/h5-8,17,22H,9-14H2,1-4H3,(H,23,26). The van der Waals surface area contributed by atoms with Gasteiger partial charge in [-0.3, -0.25) is 14.4 Å². The van der Waals surface area contributed by atoms with E-state index in [9.17, 15) is 22.8 Å². The van der Waals surface area contributed by atoms with E-state index >= 15 is 0 Å². The Morgan fingerprint density at radius 2 is 1.63 bits per heavy atom. The normalized spacial score (nSPS) is 15.7. The average Bonchev–Trinajstić information content (AvgIpc) is 2.67. The molecule has 0 saturated carbocycles. The minimum Gasteiger partial charge on any atom is -0.353 e. The van der Waals surface area contributed by atoms with Gasteiger partial charge in [-0.25, -0.2) is 13.1 Å². The van der Waals surface area contributed by atoms with Gasteiger partial charge in [0.1, 0.15) is 0 Å². The second kappa shape index (κ2) is 9.70. The van der Waals surface area contributed by atoms with Crippen LogP contribution in [0.1, 0.15) is 57.3 Å². The molecule has 1 aliphatic heterocycles. The molecule has 0 spiro atoms. The third-order valence-corrected chi connectivity index (χ3v) is 6.48. The highest BCUT2D eigenvalue weighted by molar-refractivity contribution is 7.89. The Labute approximate surface area is 178 Å². The molecule has 0 radical (unpaired) electrons. The van der Waals surface area contributed by atoms with E-state index in [-0.39, 0.29) is 41.5 Å². The molecule has 30 heavy (non-hydrogen) atoms. The monoisotopic (exact) mass is 437 g/mol. The molecular formula is C21H31N3O5S. The largest absolute Gasteiger partial charge is 0.353 e. The number of hydrogen-bond donors (Lipinski definition) is 2. The van der Waals surface area contributed by atoms with Crippen molar-refractivity contribution in [1.29, 1.82) is 0 Å². The summed E-state index contributed by atoms with van der Waals surface area (Å²) in [6.07, 6.45) is 1.38. The molecule has 2 N–H and O–H groups in total. The molecule has 1 aromatic rings. The molecule has 9 heteroatoms. The topological polar surface area (TPSA) is 113 Å². The Morgan fingerprint density at radius 1 is 1.07 bits per heavy atom. The molecule has 0 atom stereocenters. The number of nitrogens with one attached hydrogen (secondary N) is 2. The highest BCUT2D eigenvalue weighted by Crippen LogP contribution is 2.21. The zero-order valence-electron chi connectivity index (χ0n) is 18.0. The maximum Gasteiger partial charge on any atom is 0.240 e. The maximum atomic E-state index is 12.3. The number of carbonyl (C=O) groups is 3. The van der Waals surface area contributed by atoms with E-state index in [1.165, 1.54) is 31.2 Å². The quantitative estimate of drug-likeness (QED) is 0.631. The van der Waals surface area contributed by atoms with Gasteiger partial charge < -0.3 is 10.2 Å². The van der Waals surface area contributed by atoms with Crippen molar-refractivity contribution in [2.75, 3.05) is 19.6 Å². The van der Waals surface area contributed by atoms with Crippen molar-refractivity contribution in [2.24, 2.45) is 5.41 Å². The number of ketones is 1. The van der Waals surface area contributed by atoms with Gasteiger partial charge in [0, 0.05) is 43.1 Å². The fraction of sp³-hybridized carbons (Fsp3) is 0.571. The van der Waals surface area contributed by atoms with Gasteiger partial charge in [-0.15, -0.1) is 0 Å². The molecule has 0 unspecified atom stereocenters. The third kappa shape index (κ3) is 6.63. The molecule has 1 aliphatic rings. The summed E-state index contributed by atoms with van der Waals surface area (Å²) in [6.45, 7) is 8.26. The van der Waals surface area contributed by atoms with Crippen LogP contribution in [0.5, 0.6) is 0 Å². The Hall–Kier alpha value is -2.26. The molecule has 1 saturated heterocycles. The lowest BCUT2D eigenvalue weighted by Crippen LogP contribution is -2.49. The summed E-state index contributed by atoms with van der Waals surface area (Å²) in [5.41, 5.74) is 0.0168. The molecule has 0 aromatic heterocycles. The molecule has 0 aliphatic carbocycles. The number of hydrogen-bond acceptors (Lipinski definition) is 5. The van der Waals surface area contributed by atoms with E-state index in [1.54, 1.807) is 0 Å². The Morgan fingerprint density at radius 3 is 2.13 bits per heavy atom. The summed E-state index contributed by atoms with van der Waals surface area (Å²) in [6, 6.07) is 5.63. The predicted molar refractivity (Wildman–Crippen MR) is 113 cm³/mol. The lowest BCUT2D eigenvalue weighted by atomic mass is 9.93. The van der Waals surface area contributed by atoms with Gasteiger partial charge >= 0.3 is 0 Å². The number of sulfonamides is 1. The molecule has 2 amide bonds. The molecule has 0 bridgehead atoms. The van der Waals surface area contributed by atoms with Crippen LogP contribution in [0.2, 0.25) is 0 Å². The van der Waals surface area contributed by atoms with Gasteiger partial charge in [-0.1, -0.05) is 32.9 Å². The predicted octanol–water partition coefficient (Wildman–Crippen LogP) is 1.71. The zero-order valence-corrected chi connectivity index (χ0v) is 18.8. The van der Waals surface area contributed by atoms with Gasteiger partial charge in [0.2, 0.25) is 21.8 Å².